The van der Waals surface area contributed by atoms with Crippen molar-refractivity contribution in [3.05, 3.63) is 59.7 Å². The number of carbonyl (C=O) groups excluding carboxylic acids is 2. The summed E-state index contributed by atoms with van der Waals surface area (Å²) in [5, 5.41) is 2.78. The lowest BCUT2D eigenvalue weighted by atomic mass is 10.1. The van der Waals surface area contributed by atoms with Gasteiger partial charge in [0.25, 0.3) is 5.91 Å². The molecule has 1 heterocycles. The Hall–Kier alpha value is -2.45. The second-order valence-corrected chi connectivity index (χ2v) is 9.80. The van der Waals surface area contributed by atoms with E-state index in [9.17, 15) is 9.59 Å². The van der Waals surface area contributed by atoms with Crippen LogP contribution in [0.15, 0.2) is 53.5 Å². The quantitative estimate of drug-likeness (QED) is 0.516. The van der Waals surface area contributed by atoms with Crippen molar-refractivity contribution in [2.24, 2.45) is 4.99 Å². The fourth-order valence-electron chi connectivity index (χ4n) is 3.38. The predicted molar refractivity (Wildman–Crippen MR) is 136 cm³/mol. The van der Waals surface area contributed by atoms with Crippen LogP contribution in [0.3, 0.4) is 0 Å². The van der Waals surface area contributed by atoms with Crippen LogP contribution in [0.4, 0.5) is 11.4 Å². The molecule has 1 amide bonds. The smallest absolute Gasteiger partial charge is 0.338 e. The first-order valence-electron chi connectivity index (χ1n) is 10.7. The largest absolute Gasteiger partial charge is 0.452 e. The van der Waals surface area contributed by atoms with Crippen LogP contribution >= 0.6 is 23.5 Å². The van der Waals surface area contributed by atoms with Gasteiger partial charge in [-0.25, -0.2) is 4.79 Å². The molecule has 0 aromatic heterocycles. The average Bonchev–Trinajstić information content (AvgIpc) is 3.31. The second-order valence-electron chi connectivity index (χ2n) is 7.49. The molecule has 3 rings (SSSR count). The van der Waals surface area contributed by atoms with Gasteiger partial charge in [0, 0.05) is 35.5 Å². The molecule has 0 saturated carbocycles. The lowest BCUT2D eigenvalue weighted by Crippen LogP contribution is -2.30. The first kappa shape index (κ1) is 24.2. The van der Waals surface area contributed by atoms with Gasteiger partial charge in [-0.05, 0) is 56.7 Å². The third-order valence-electron chi connectivity index (χ3n) is 4.93. The highest BCUT2D eigenvalue weighted by molar-refractivity contribution is 8.38. The number of esters is 1. The Bertz CT molecular complexity index is 961. The summed E-state index contributed by atoms with van der Waals surface area (Å²) in [4.78, 5) is 31.6. The standard InChI is InChI=1S/C24H29N3O3S2/c1-4-27(17(2)3)20-11-9-19(10-12-20)26-22(28)15-30-23(29)21-8-6-5-7-18(21)16-32-24-25-13-14-31-24/h5-12,17H,4,13-16H2,1-3H3,(H,26,28). The maximum atomic E-state index is 12.6. The highest BCUT2D eigenvalue weighted by atomic mass is 32.2. The topological polar surface area (TPSA) is 71.0 Å². The van der Waals surface area contributed by atoms with Crippen LogP contribution in [-0.4, -0.2) is 47.7 Å². The van der Waals surface area contributed by atoms with Gasteiger partial charge >= 0.3 is 5.97 Å². The molecule has 1 N–H and O–H groups in total. The molecule has 0 atom stereocenters. The van der Waals surface area contributed by atoms with Gasteiger partial charge in [-0.2, -0.15) is 0 Å². The minimum atomic E-state index is -0.497. The van der Waals surface area contributed by atoms with Crippen molar-refractivity contribution in [3.8, 4) is 0 Å². The van der Waals surface area contributed by atoms with E-state index in [2.05, 4.69) is 36.0 Å². The number of ether oxygens (including phenoxy) is 1. The fraction of sp³-hybridized carbons (Fsp3) is 0.375. The van der Waals surface area contributed by atoms with Gasteiger partial charge in [-0.15, -0.1) is 0 Å². The summed E-state index contributed by atoms with van der Waals surface area (Å²) in [6, 6.07) is 15.4. The molecule has 0 spiro atoms. The minimum absolute atomic E-state index is 0.336. The Balaban J connectivity index is 1.52. The van der Waals surface area contributed by atoms with E-state index in [0.717, 1.165) is 34.5 Å². The van der Waals surface area contributed by atoms with Crippen molar-refractivity contribution < 1.29 is 14.3 Å². The van der Waals surface area contributed by atoms with Crippen molar-refractivity contribution in [3.63, 3.8) is 0 Å². The first-order chi connectivity index (χ1) is 15.5. The third-order valence-corrected chi connectivity index (χ3v) is 7.23. The summed E-state index contributed by atoms with van der Waals surface area (Å²) in [7, 11) is 0. The Morgan fingerprint density at radius 3 is 2.59 bits per heavy atom. The number of carbonyl (C=O) groups is 2. The average molecular weight is 472 g/mol. The number of nitrogens with one attached hydrogen (secondary N) is 1. The molecule has 0 fully saturated rings. The monoisotopic (exact) mass is 471 g/mol. The van der Waals surface area contributed by atoms with Crippen molar-refractivity contribution in [1.82, 2.24) is 0 Å². The Morgan fingerprint density at radius 1 is 1.19 bits per heavy atom. The lowest BCUT2D eigenvalue weighted by molar-refractivity contribution is -0.119. The SMILES string of the molecule is CCN(c1ccc(NC(=O)COC(=O)c2ccccc2CSC2=NCCS2)cc1)C(C)C. The highest BCUT2D eigenvalue weighted by Gasteiger charge is 2.16. The number of hydrogen-bond acceptors (Lipinski definition) is 7. The molecule has 1 aliphatic heterocycles. The Kier molecular flexibility index (Phi) is 9.05. The number of amides is 1. The zero-order valence-corrected chi connectivity index (χ0v) is 20.3. The fourth-order valence-corrected chi connectivity index (χ4v) is 5.39. The zero-order valence-electron chi connectivity index (χ0n) is 18.7. The Morgan fingerprint density at radius 2 is 1.94 bits per heavy atom. The highest BCUT2D eigenvalue weighted by Crippen LogP contribution is 2.26. The van der Waals surface area contributed by atoms with E-state index in [0.29, 0.717) is 23.0 Å². The van der Waals surface area contributed by atoms with E-state index < -0.39 is 5.97 Å². The van der Waals surface area contributed by atoms with Gasteiger partial charge in [0.05, 0.1) is 12.1 Å². The van der Waals surface area contributed by atoms with E-state index in [1.807, 2.05) is 36.4 Å². The first-order valence-corrected chi connectivity index (χ1v) is 12.7. The second kappa shape index (κ2) is 12.0. The summed E-state index contributed by atoms with van der Waals surface area (Å²) in [6.45, 7) is 7.83. The predicted octanol–water partition coefficient (Wildman–Crippen LogP) is 5.05. The van der Waals surface area contributed by atoms with E-state index in [1.54, 1.807) is 35.7 Å². The number of benzene rings is 2. The van der Waals surface area contributed by atoms with Crippen LogP contribution < -0.4 is 10.2 Å². The molecule has 170 valence electrons. The molecule has 0 radical (unpaired) electrons. The van der Waals surface area contributed by atoms with Crippen LogP contribution in [0.1, 0.15) is 36.7 Å². The molecule has 32 heavy (non-hydrogen) atoms. The van der Waals surface area contributed by atoms with Gasteiger partial charge in [-0.1, -0.05) is 41.7 Å². The number of nitrogens with zero attached hydrogens (tertiary/aromatic N) is 2. The number of anilines is 2. The molecule has 1 aliphatic rings. The summed E-state index contributed by atoms with van der Waals surface area (Å²) in [5.41, 5.74) is 3.12. The summed E-state index contributed by atoms with van der Waals surface area (Å²) in [6.07, 6.45) is 0. The van der Waals surface area contributed by atoms with Crippen LogP contribution in [0.2, 0.25) is 0 Å². The van der Waals surface area contributed by atoms with Crippen LogP contribution in [0.25, 0.3) is 0 Å². The summed E-state index contributed by atoms with van der Waals surface area (Å²) < 4.78 is 6.33. The zero-order chi connectivity index (χ0) is 22.9. The number of hydrogen-bond donors (Lipinski definition) is 1. The molecule has 0 saturated heterocycles. The summed E-state index contributed by atoms with van der Waals surface area (Å²) in [5.74, 6) is 0.785. The van der Waals surface area contributed by atoms with Crippen molar-refractivity contribution in [2.75, 3.05) is 35.7 Å². The molecule has 6 nitrogen and oxygen atoms in total. The molecule has 0 aliphatic carbocycles. The van der Waals surface area contributed by atoms with Gasteiger partial charge in [-0.3, -0.25) is 9.79 Å². The minimum Gasteiger partial charge on any atom is -0.452 e. The molecule has 2 aromatic rings. The summed E-state index contributed by atoms with van der Waals surface area (Å²) >= 11 is 3.36. The van der Waals surface area contributed by atoms with Gasteiger partial charge in [0.2, 0.25) is 0 Å². The van der Waals surface area contributed by atoms with Crippen LogP contribution in [0.5, 0.6) is 0 Å². The molecular formula is C24H29N3O3S2. The molecule has 2 aromatic carbocycles. The normalized spacial score (nSPS) is 13.1. The van der Waals surface area contributed by atoms with Crippen LogP contribution in [0, 0.1) is 0 Å². The van der Waals surface area contributed by atoms with E-state index in [1.165, 1.54) is 0 Å². The van der Waals surface area contributed by atoms with Crippen LogP contribution in [-0.2, 0) is 15.3 Å². The molecule has 8 heteroatoms. The lowest BCUT2D eigenvalue weighted by Gasteiger charge is -2.27. The molecule has 0 unspecified atom stereocenters. The van der Waals surface area contributed by atoms with Crippen molar-refractivity contribution >= 4 is 51.2 Å². The maximum Gasteiger partial charge on any atom is 0.338 e. The van der Waals surface area contributed by atoms with E-state index in [4.69, 9.17) is 4.74 Å². The molecule has 0 bridgehead atoms. The van der Waals surface area contributed by atoms with Gasteiger partial charge in [0.1, 0.15) is 4.38 Å². The van der Waals surface area contributed by atoms with Crippen molar-refractivity contribution in [2.45, 2.75) is 32.6 Å². The number of rotatable bonds is 9. The van der Waals surface area contributed by atoms with E-state index >= 15 is 0 Å². The number of aliphatic imine (C=N–C) groups is 1. The van der Waals surface area contributed by atoms with E-state index in [-0.39, 0.29) is 12.5 Å². The number of thioether (sulfide) groups is 2. The van der Waals surface area contributed by atoms with Crippen molar-refractivity contribution in [1.29, 1.82) is 0 Å². The molecular weight excluding hydrogens is 442 g/mol. The van der Waals surface area contributed by atoms with Gasteiger partial charge in [0.15, 0.2) is 6.61 Å². The maximum absolute atomic E-state index is 12.6. The third kappa shape index (κ3) is 6.77. The Labute approximate surface area is 198 Å². The van der Waals surface area contributed by atoms with Gasteiger partial charge < -0.3 is 15.0 Å².